The Morgan fingerprint density at radius 2 is 0.381 bits per heavy atom. The van der Waals surface area contributed by atoms with E-state index >= 15 is 0 Å². The number of hydrogen-bond donors (Lipinski definition) is 0. The Bertz CT molecular complexity index is 219. The van der Waals surface area contributed by atoms with E-state index in [0.29, 0.717) is 0 Å². The number of halogens is 1. The third-order valence-electron chi connectivity index (χ3n) is 0. The first-order valence-corrected chi connectivity index (χ1v) is 6.57. The molecule has 0 aliphatic carbocycles. The Hall–Kier alpha value is 6.92. The van der Waals surface area contributed by atoms with Crippen LogP contribution in [0.15, 0.2) is 0 Å². The molecule has 0 saturated carbocycles. The van der Waals surface area contributed by atoms with Crippen LogP contribution in [0.1, 0.15) is 0 Å². The second-order valence-corrected chi connectivity index (χ2v) is 4.02. The summed E-state index contributed by atoms with van der Waals surface area (Å²) in [6.07, 6.45) is 0. The van der Waals surface area contributed by atoms with Crippen LogP contribution < -0.4 is 44.0 Å². The molecule has 0 saturated heterocycles. The summed E-state index contributed by atoms with van der Waals surface area (Å²) < 4.78 is 25.6. The van der Waals surface area contributed by atoms with Crippen LogP contribution >= 0.6 is 35.9 Å². The van der Waals surface area contributed by atoms with Gasteiger partial charge in [-0.3, -0.25) is 0 Å². The summed E-state index contributed by atoms with van der Waals surface area (Å²) in [7, 11) is -16.2. The van der Waals surface area contributed by atoms with Gasteiger partial charge in [0.25, 0.3) is 0 Å². The Kier molecular flexibility index (Phi) is 78.4. The van der Waals surface area contributed by atoms with Crippen molar-refractivity contribution in [1.82, 2.24) is 0 Å². The molecule has 0 unspecified atom stereocenters. The molecule has 0 heterocycles. The van der Waals surface area contributed by atoms with E-state index < -0.39 is 23.5 Å². The molecule has 0 aromatic carbocycles. The summed E-state index contributed by atoms with van der Waals surface area (Å²) in [5.74, 6) is 0. The predicted molar refractivity (Wildman–Crippen MR) is 58.8 cm³/mol. The van der Waals surface area contributed by atoms with E-state index in [1.165, 1.54) is 0 Å². The third-order valence-corrected chi connectivity index (χ3v) is 0. The summed E-state index contributed by atoms with van der Waals surface area (Å²) in [6.45, 7) is 0. The molecular weight excluding hydrogens is 521 g/mol. The quantitative estimate of drug-likeness (QED) is 0.212. The van der Waals surface area contributed by atoms with E-state index in [1.54, 1.807) is 0 Å². The molecule has 0 bridgehead atoms. The SMILES string of the molecule is Cl.O=P([O-])([O-])[O-].O=P([O-])([O-])[O-].O=P([O-])([O-])[O-].[Ca+2].[Ca+2].[Ca+2].[Ca+2].[Ca+2]. The second-order valence-electron chi connectivity index (χ2n) is 1.34. The maximum atomic E-state index is 8.55. The molecule has 0 rings (SSSR count). The first-order chi connectivity index (χ1) is 6.00. The molecule has 0 aromatic heterocycles. The van der Waals surface area contributed by atoms with Gasteiger partial charge in [0.05, 0.1) is 0 Å². The van der Waals surface area contributed by atoms with Crippen LogP contribution in [-0.4, -0.2) is 189 Å². The minimum Gasteiger partial charge on any atom is -0.822 e. The fourth-order valence-electron chi connectivity index (χ4n) is 0. The first kappa shape index (κ1) is 56.5. The van der Waals surface area contributed by atoms with E-state index in [1.807, 2.05) is 0 Å². The van der Waals surface area contributed by atoms with Crippen molar-refractivity contribution in [3.8, 4) is 0 Å². The van der Waals surface area contributed by atoms with Crippen LogP contribution in [-0.2, 0) is 13.7 Å². The number of hydrogen-bond acceptors (Lipinski definition) is 12. The fourth-order valence-corrected chi connectivity index (χ4v) is 0. The summed E-state index contributed by atoms with van der Waals surface area (Å²) in [5.41, 5.74) is 0. The van der Waals surface area contributed by atoms with Gasteiger partial charge in [-0.1, -0.05) is 0 Å². The Balaban J connectivity index is -0.0000000129. The van der Waals surface area contributed by atoms with Crippen molar-refractivity contribution in [2.75, 3.05) is 0 Å². The summed E-state index contributed by atoms with van der Waals surface area (Å²) in [4.78, 5) is 76.9. The minimum absolute atomic E-state index is 0. The van der Waals surface area contributed by atoms with Crippen LogP contribution in [0.5, 0.6) is 0 Å². The number of rotatable bonds is 0. The normalized spacial score (nSPS) is 8.43. The van der Waals surface area contributed by atoms with Crippen LogP contribution in [0, 0.1) is 0 Å². The zero-order chi connectivity index (χ0) is 13.5. The molecule has 0 atom stereocenters. The van der Waals surface area contributed by atoms with Crippen molar-refractivity contribution >= 4 is 225 Å². The Labute approximate surface area is 275 Å². The zero-order valence-electron chi connectivity index (χ0n) is 10.2. The molecule has 21 heteroatoms. The van der Waals surface area contributed by atoms with Gasteiger partial charge in [0, 0.05) is 0 Å². The smallest absolute Gasteiger partial charge is 0.822 e. The van der Waals surface area contributed by atoms with E-state index in [9.17, 15) is 0 Å². The maximum absolute atomic E-state index is 8.55. The first-order valence-electron chi connectivity index (χ1n) is 2.19. The molecule has 0 aliphatic heterocycles. The van der Waals surface area contributed by atoms with Crippen molar-refractivity contribution in [2.45, 2.75) is 0 Å². The van der Waals surface area contributed by atoms with Crippen molar-refractivity contribution in [1.29, 1.82) is 0 Å². The summed E-state index contributed by atoms with van der Waals surface area (Å²) >= 11 is 0. The Morgan fingerprint density at radius 3 is 0.381 bits per heavy atom. The standard InChI is InChI=1S/5Ca.ClH.3H3O4P/c;;;;;;3*1-5(2,3)4/h;;;;;1H;3*(H3,1,2,3,4)/q5*+2;;;;/p-9. The fraction of sp³-hybridized carbons (Fsp3) is 0. The second kappa shape index (κ2) is 29.1. The molecule has 21 heavy (non-hydrogen) atoms. The summed E-state index contributed by atoms with van der Waals surface area (Å²) in [5, 5.41) is 0. The van der Waals surface area contributed by atoms with Crippen LogP contribution in [0.3, 0.4) is 0 Å². The molecule has 104 valence electrons. The van der Waals surface area contributed by atoms with Crippen molar-refractivity contribution in [3.05, 3.63) is 0 Å². The molecular formula is HCa5ClO12P3+. The van der Waals surface area contributed by atoms with E-state index in [2.05, 4.69) is 0 Å². The van der Waals surface area contributed by atoms with Gasteiger partial charge in [-0.25, -0.2) is 0 Å². The monoisotopic (exact) mass is 521 g/mol. The van der Waals surface area contributed by atoms with Crippen molar-refractivity contribution < 1.29 is 57.7 Å². The Morgan fingerprint density at radius 1 is 0.381 bits per heavy atom. The molecule has 12 nitrogen and oxygen atoms in total. The van der Waals surface area contributed by atoms with Crippen LogP contribution in [0.25, 0.3) is 0 Å². The molecule has 0 amide bonds. The van der Waals surface area contributed by atoms with Gasteiger partial charge in [-0.15, -0.1) is 12.4 Å². The largest absolute Gasteiger partial charge is 2.00 e. The van der Waals surface area contributed by atoms with E-state index in [4.69, 9.17) is 57.7 Å². The van der Waals surface area contributed by atoms with Gasteiger partial charge in [-0.05, 0) is 0 Å². The zero-order valence-corrected chi connectivity index (χ0v) is 24.7. The molecule has 0 spiro atoms. The van der Waals surface area contributed by atoms with Gasteiger partial charge < -0.3 is 57.7 Å². The molecule has 0 N–H and O–H groups in total. The predicted octanol–water partition coefficient (Wildman–Crippen LogP) is -9.96. The van der Waals surface area contributed by atoms with Crippen molar-refractivity contribution in [3.63, 3.8) is 0 Å². The average molecular weight is 522 g/mol. The summed E-state index contributed by atoms with van der Waals surface area (Å²) in [6, 6.07) is 0. The van der Waals surface area contributed by atoms with Gasteiger partial charge in [0.2, 0.25) is 0 Å². The van der Waals surface area contributed by atoms with Crippen molar-refractivity contribution in [2.24, 2.45) is 0 Å². The van der Waals surface area contributed by atoms with Crippen LogP contribution in [0.2, 0.25) is 0 Å². The van der Waals surface area contributed by atoms with Gasteiger partial charge in [-0.2, -0.15) is 23.5 Å². The third kappa shape index (κ3) is 349. The van der Waals surface area contributed by atoms with E-state index in [-0.39, 0.29) is 201 Å². The van der Waals surface area contributed by atoms with Gasteiger partial charge in [0.1, 0.15) is 0 Å². The molecule has 0 radical (unpaired) electrons. The molecule has 0 aromatic rings. The molecule has 0 fully saturated rings. The van der Waals surface area contributed by atoms with Crippen LogP contribution in [0.4, 0.5) is 0 Å². The topological polar surface area (TPSA) is 259 Å². The van der Waals surface area contributed by atoms with Gasteiger partial charge in [0.15, 0.2) is 0 Å². The minimum atomic E-state index is -5.39. The number of phosphoric acid groups is 3. The molecule has 0 aliphatic rings. The average Bonchev–Trinajstić information content (AvgIpc) is 1.41. The van der Waals surface area contributed by atoms with E-state index in [0.717, 1.165) is 0 Å². The maximum Gasteiger partial charge on any atom is 2.00 e. The van der Waals surface area contributed by atoms with Gasteiger partial charge >= 0.3 is 189 Å².